The molecule has 0 saturated heterocycles. The monoisotopic (exact) mass is 250 g/mol. The van der Waals surface area contributed by atoms with E-state index in [-0.39, 0.29) is 5.91 Å². The number of rotatable bonds is 6. The van der Waals surface area contributed by atoms with Gasteiger partial charge in [-0.2, -0.15) is 0 Å². The van der Waals surface area contributed by atoms with Gasteiger partial charge in [0.1, 0.15) is 5.75 Å². The Kier molecular flexibility index (Phi) is 5.65. The van der Waals surface area contributed by atoms with E-state index in [1.165, 1.54) is 0 Å². The highest BCUT2D eigenvalue weighted by molar-refractivity contribution is 5.96. The molecule has 1 rings (SSSR count). The quantitative estimate of drug-likeness (QED) is 0.842. The molecule has 0 unspecified atom stereocenters. The molecule has 1 aromatic rings. The molecule has 0 aliphatic carbocycles. The summed E-state index contributed by atoms with van der Waals surface area (Å²) in [5.41, 5.74) is 6.71. The minimum Gasteiger partial charge on any atom is -0.497 e. The molecule has 4 heteroatoms. The maximum atomic E-state index is 12.1. The van der Waals surface area contributed by atoms with Crippen molar-refractivity contribution in [1.82, 2.24) is 0 Å². The Morgan fingerprint density at radius 1 is 1.39 bits per heavy atom. The Morgan fingerprint density at radius 3 is 2.50 bits per heavy atom. The number of hydrogen-bond donors (Lipinski definition) is 1. The van der Waals surface area contributed by atoms with Gasteiger partial charge in [0.05, 0.1) is 13.2 Å². The number of carbonyl (C=O) groups is 1. The van der Waals surface area contributed by atoms with Crippen molar-refractivity contribution in [3.8, 4) is 5.75 Å². The van der Waals surface area contributed by atoms with Gasteiger partial charge in [-0.25, -0.2) is 0 Å². The standard InChI is InChI=1S/C14H22N2O2/c1-4-5-6-13(15)14(17)16(2)11-7-9-12(18-3)10-8-11/h7-10,13H,4-6,15H2,1-3H3/t13-/m0/s1. The highest BCUT2D eigenvalue weighted by atomic mass is 16.5. The van der Waals surface area contributed by atoms with Crippen LogP contribution in [-0.2, 0) is 4.79 Å². The van der Waals surface area contributed by atoms with Crippen LogP contribution in [-0.4, -0.2) is 26.1 Å². The van der Waals surface area contributed by atoms with Crippen LogP contribution in [0.25, 0.3) is 0 Å². The smallest absolute Gasteiger partial charge is 0.243 e. The third kappa shape index (κ3) is 3.74. The lowest BCUT2D eigenvalue weighted by atomic mass is 10.1. The summed E-state index contributed by atoms with van der Waals surface area (Å²) in [7, 11) is 3.36. The predicted molar refractivity (Wildman–Crippen MR) is 73.9 cm³/mol. The number of ether oxygens (including phenoxy) is 1. The molecule has 0 heterocycles. The zero-order chi connectivity index (χ0) is 13.5. The van der Waals surface area contributed by atoms with Gasteiger partial charge in [0, 0.05) is 12.7 Å². The first-order valence-electron chi connectivity index (χ1n) is 6.27. The van der Waals surface area contributed by atoms with Crippen LogP contribution in [0.1, 0.15) is 26.2 Å². The van der Waals surface area contributed by atoms with Crippen LogP contribution in [0.2, 0.25) is 0 Å². The molecule has 0 radical (unpaired) electrons. The van der Waals surface area contributed by atoms with Crippen molar-refractivity contribution in [2.24, 2.45) is 5.73 Å². The van der Waals surface area contributed by atoms with Crippen molar-refractivity contribution in [2.75, 3.05) is 19.1 Å². The fourth-order valence-electron chi connectivity index (χ4n) is 1.73. The SMILES string of the molecule is CCCC[C@H](N)C(=O)N(C)c1ccc(OC)cc1. The van der Waals surface area contributed by atoms with Crippen LogP contribution in [0.4, 0.5) is 5.69 Å². The Morgan fingerprint density at radius 2 is 2.00 bits per heavy atom. The number of methoxy groups -OCH3 is 1. The maximum Gasteiger partial charge on any atom is 0.243 e. The summed E-state index contributed by atoms with van der Waals surface area (Å²) in [4.78, 5) is 13.7. The molecule has 100 valence electrons. The predicted octanol–water partition coefficient (Wildman–Crippen LogP) is 2.18. The fourth-order valence-corrected chi connectivity index (χ4v) is 1.73. The van der Waals surface area contributed by atoms with Crippen LogP contribution in [0.5, 0.6) is 5.75 Å². The van der Waals surface area contributed by atoms with Crippen molar-refractivity contribution >= 4 is 11.6 Å². The lowest BCUT2D eigenvalue weighted by molar-refractivity contribution is -0.119. The van der Waals surface area contributed by atoms with Gasteiger partial charge in [0.25, 0.3) is 0 Å². The van der Waals surface area contributed by atoms with Crippen molar-refractivity contribution in [3.05, 3.63) is 24.3 Å². The van der Waals surface area contributed by atoms with E-state index in [2.05, 4.69) is 6.92 Å². The highest BCUT2D eigenvalue weighted by Crippen LogP contribution is 2.19. The van der Waals surface area contributed by atoms with Gasteiger partial charge >= 0.3 is 0 Å². The minimum absolute atomic E-state index is 0.0476. The first-order valence-corrected chi connectivity index (χ1v) is 6.27. The number of anilines is 1. The van der Waals surface area contributed by atoms with Crippen molar-refractivity contribution in [1.29, 1.82) is 0 Å². The summed E-state index contributed by atoms with van der Waals surface area (Å²) >= 11 is 0. The van der Waals surface area contributed by atoms with Gasteiger partial charge in [-0.3, -0.25) is 4.79 Å². The molecule has 4 nitrogen and oxygen atoms in total. The summed E-state index contributed by atoms with van der Waals surface area (Å²) in [6.07, 6.45) is 2.76. The molecule has 0 bridgehead atoms. The molecule has 2 N–H and O–H groups in total. The highest BCUT2D eigenvalue weighted by Gasteiger charge is 2.18. The van der Waals surface area contributed by atoms with Crippen LogP contribution >= 0.6 is 0 Å². The van der Waals surface area contributed by atoms with E-state index in [1.807, 2.05) is 24.3 Å². The van der Waals surface area contributed by atoms with E-state index in [1.54, 1.807) is 19.1 Å². The molecule has 0 fully saturated rings. The average molecular weight is 250 g/mol. The second-order valence-electron chi connectivity index (χ2n) is 4.34. The average Bonchev–Trinajstić information content (AvgIpc) is 2.43. The van der Waals surface area contributed by atoms with Gasteiger partial charge < -0.3 is 15.4 Å². The number of nitrogens with zero attached hydrogens (tertiary/aromatic N) is 1. The number of unbranched alkanes of at least 4 members (excludes halogenated alkanes) is 1. The zero-order valence-corrected chi connectivity index (χ0v) is 11.3. The number of likely N-dealkylation sites (N-methyl/N-ethyl adjacent to an activating group) is 1. The zero-order valence-electron chi connectivity index (χ0n) is 11.3. The van der Waals surface area contributed by atoms with E-state index in [0.717, 1.165) is 30.7 Å². The molecule has 1 amide bonds. The van der Waals surface area contributed by atoms with E-state index in [4.69, 9.17) is 10.5 Å². The molecule has 0 spiro atoms. The Balaban J connectivity index is 2.67. The Hall–Kier alpha value is -1.55. The molecule has 1 aromatic carbocycles. The lowest BCUT2D eigenvalue weighted by Gasteiger charge is -2.21. The van der Waals surface area contributed by atoms with Gasteiger partial charge in [0.15, 0.2) is 0 Å². The van der Waals surface area contributed by atoms with Crippen molar-refractivity contribution < 1.29 is 9.53 Å². The molecular weight excluding hydrogens is 228 g/mol. The normalized spacial score (nSPS) is 12.0. The van der Waals surface area contributed by atoms with Crippen LogP contribution in [0, 0.1) is 0 Å². The fraction of sp³-hybridized carbons (Fsp3) is 0.500. The summed E-state index contributed by atoms with van der Waals surface area (Å²) in [6, 6.07) is 6.94. The number of carbonyl (C=O) groups excluding carboxylic acids is 1. The van der Waals surface area contributed by atoms with Crippen LogP contribution in [0.3, 0.4) is 0 Å². The summed E-state index contributed by atoms with van der Waals surface area (Å²) in [5, 5.41) is 0. The summed E-state index contributed by atoms with van der Waals surface area (Å²) in [6.45, 7) is 2.09. The van der Waals surface area contributed by atoms with Gasteiger partial charge in [-0.05, 0) is 30.7 Å². The minimum atomic E-state index is -0.419. The first kappa shape index (κ1) is 14.5. The summed E-state index contributed by atoms with van der Waals surface area (Å²) < 4.78 is 5.08. The van der Waals surface area contributed by atoms with Crippen molar-refractivity contribution in [3.63, 3.8) is 0 Å². The number of hydrogen-bond acceptors (Lipinski definition) is 3. The second kappa shape index (κ2) is 7.01. The number of amides is 1. The van der Waals surface area contributed by atoms with E-state index < -0.39 is 6.04 Å². The molecule has 18 heavy (non-hydrogen) atoms. The maximum absolute atomic E-state index is 12.1. The van der Waals surface area contributed by atoms with Gasteiger partial charge in [-0.15, -0.1) is 0 Å². The van der Waals surface area contributed by atoms with Crippen LogP contribution < -0.4 is 15.4 Å². The van der Waals surface area contributed by atoms with E-state index in [0.29, 0.717) is 0 Å². The van der Waals surface area contributed by atoms with E-state index >= 15 is 0 Å². The van der Waals surface area contributed by atoms with Crippen molar-refractivity contribution in [2.45, 2.75) is 32.2 Å². The number of benzene rings is 1. The largest absolute Gasteiger partial charge is 0.497 e. The van der Waals surface area contributed by atoms with E-state index in [9.17, 15) is 4.79 Å². The third-order valence-corrected chi connectivity index (χ3v) is 2.98. The molecule has 1 atom stereocenters. The topological polar surface area (TPSA) is 55.6 Å². The Labute approximate surface area is 109 Å². The first-order chi connectivity index (χ1) is 8.60. The van der Waals surface area contributed by atoms with Gasteiger partial charge in [0.2, 0.25) is 5.91 Å². The molecule has 0 aromatic heterocycles. The molecule has 0 saturated carbocycles. The second-order valence-corrected chi connectivity index (χ2v) is 4.34. The van der Waals surface area contributed by atoms with Crippen LogP contribution in [0.15, 0.2) is 24.3 Å². The lowest BCUT2D eigenvalue weighted by Crippen LogP contribution is -2.41. The summed E-state index contributed by atoms with van der Waals surface area (Å²) in [5.74, 6) is 0.725. The molecule has 0 aliphatic heterocycles. The molecular formula is C14H22N2O2. The molecule has 0 aliphatic rings. The third-order valence-electron chi connectivity index (χ3n) is 2.98. The van der Waals surface area contributed by atoms with Gasteiger partial charge in [-0.1, -0.05) is 19.8 Å². The Bertz CT molecular complexity index is 376. The number of nitrogens with two attached hydrogens (primary N) is 1.